The van der Waals surface area contributed by atoms with E-state index in [0.29, 0.717) is 11.6 Å². The minimum atomic E-state index is -0.237. The number of aromatic nitrogens is 1. The molecule has 1 aromatic rings. The van der Waals surface area contributed by atoms with Crippen molar-refractivity contribution >= 4 is 17.6 Å². The highest BCUT2D eigenvalue weighted by molar-refractivity contribution is 5.93. The predicted molar refractivity (Wildman–Crippen MR) is 74.1 cm³/mol. The number of anilines is 1. The lowest BCUT2D eigenvalue weighted by Gasteiger charge is -2.33. The van der Waals surface area contributed by atoms with E-state index in [-0.39, 0.29) is 24.4 Å². The highest BCUT2D eigenvalue weighted by Gasteiger charge is 2.25. The largest absolute Gasteiger partial charge is 0.360 e. The highest BCUT2D eigenvalue weighted by atomic mass is 16.5. The quantitative estimate of drug-likeness (QED) is 0.915. The van der Waals surface area contributed by atoms with Crippen LogP contribution in [0.1, 0.15) is 44.8 Å². The van der Waals surface area contributed by atoms with E-state index in [2.05, 4.69) is 10.5 Å². The van der Waals surface area contributed by atoms with Crippen molar-refractivity contribution in [2.45, 2.75) is 52.0 Å². The van der Waals surface area contributed by atoms with Gasteiger partial charge in [-0.1, -0.05) is 24.4 Å². The molecule has 0 aliphatic heterocycles. The molecule has 1 aliphatic carbocycles. The van der Waals surface area contributed by atoms with E-state index in [1.54, 1.807) is 17.9 Å². The summed E-state index contributed by atoms with van der Waals surface area (Å²) in [6, 6.07) is 1.84. The Kier molecular flexibility index (Phi) is 4.76. The van der Waals surface area contributed by atoms with Crippen LogP contribution in [0.2, 0.25) is 0 Å². The Balaban J connectivity index is 1.93. The molecule has 0 spiro atoms. The molecule has 2 rings (SSSR count). The second-order valence-corrected chi connectivity index (χ2v) is 5.31. The van der Waals surface area contributed by atoms with Gasteiger partial charge >= 0.3 is 0 Å². The predicted octanol–water partition coefficient (Wildman–Crippen LogP) is 2.10. The van der Waals surface area contributed by atoms with Crippen LogP contribution in [-0.4, -0.2) is 34.5 Å². The fourth-order valence-electron chi connectivity index (χ4n) is 2.65. The van der Waals surface area contributed by atoms with Crippen molar-refractivity contribution in [1.29, 1.82) is 0 Å². The van der Waals surface area contributed by atoms with Crippen molar-refractivity contribution < 1.29 is 14.1 Å². The van der Waals surface area contributed by atoms with Crippen LogP contribution in [0.4, 0.5) is 5.82 Å². The summed E-state index contributed by atoms with van der Waals surface area (Å²) in [5.74, 6) is 0.734. The number of carbonyl (C=O) groups excluding carboxylic acids is 2. The summed E-state index contributed by atoms with van der Waals surface area (Å²) in [5.41, 5.74) is 0. The van der Waals surface area contributed by atoms with Gasteiger partial charge in [0, 0.05) is 19.0 Å². The minimum Gasteiger partial charge on any atom is -0.360 e. The van der Waals surface area contributed by atoms with Crippen molar-refractivity contribution in [3.8, 4) is 0 Å². The monoisotopic (exact) mass is 279 g/mol. The summed E-state index contributed by atoms with van der Waals surface area (Å²) in [7, 11) is 0. The van der Waals surface area contributed by atoms with Crippen molar-refractivity contribution in [2.24, 2.45) is 0 Å². The van der Waals surface area contributed by atoms with Gasteiger partial charge in [-0.05, 0) is 19.8 Å². The fourth-order valence-corrected chi connectivity index (χ4v) is 2.65. The Morgan fingerprint density at radius 3 is 2.65 bits per heavy atom. The van der Waals surface area contributed by atoms with E-state index in [1.807, 2.05) is 0 Å². The Morgan fingerprint density at radius 1 is 1.40 bits per heavy atom. The highest BCUT2D eigenvalue weighted by Crippen LogP contribution is 2.22. The third kappa shape index (κ3) is 3.82. The molecule has 6 nitrogen and oxygen atoms in total. The van der Waals surface area contributed by atoms with E-state index in [9.17, 15) is 9.59 Å². The van der Waals surface area contributed by atoms with Crippen LogP contribution >= 0.6 is 0 Å². The molecule has 1 aliphatic rings. The number of rotatable bonds is 4. The Labute approximate surface area is 118 Å². The first-order chi connectivity index (χ1) is 9.56. The zero-order valence-corrected chi connectivity index (χ0v) is 12.0. The van der Waals surface area contributed by atoms with E-state index in [1.165, 1.54) is 13.3 Å². The Bertz CT molecular complexity index is 478. The minimum absolute atomic E-state index is 0.0524. The van der Waals surface area contributed by atoms with Crippen molar-refractivity contribution in [3.05, 3.63) is 11.8 Å². The second-order valence-electron chi connectivity index (χ2n) is 5.31. The topological polar surface area (TPSA) is 75.4 Å². The van der Waals surface area contributed by atoms with Gasteiger partial charge in [0.2, 0.25) is 11.8 Å². The number of nitrogens with zero attached hydrogens (tertiary/aromatic N) is 2. The molecule has 1 fully saturated rings. The summed E-state index contributed by atoms with van der Waals surface area (Å²) in [4.78, 5) is 25.4. The third-order valence-corrected chi connectivity index (χ3v) is 3.63. The van der Waals surface area contributed by atoms with E-state index < -0.39 is 0 Å². The second kappa shape index (κ2) is 6.54. The lowest BCUT2D eigenvalue weighted by atomic mass is 9.94. The van der Waals surface area contributed by atoms with Crippen molar-refractivity contribution in [2.75, 3.05) is 11.9 Å². The van der Waals surface area contributed by atoms with Crippen molar-refractivity contribution in [1.82, 2.24) is 10.1 Å². The molecule has 6 heteroatoms. The first kappa shape index (κ1) is 14.6. The first-order valence-electron chi connectivity index (χ1n) is 7.06. The van der Waals surface area contributed by atoms with Gasteiger partial charge in [-0.2, -0.15) is 0 Å². The number of amides is 2. The van der Waals surface area contributed by atoms with Crippen LogP contribution in [0, 0.1) is 6.92 Å². The lowest BCUT2D eigenvalue weighted by Crippen LogP contribution is -2.44. The average Bonchev–Trinajstić information content (AvgIpc) is 2.82. The molecule has 110 valence electrons. The number of hydrogen-bond donors (Lipinski definition) is 1. The molecule has 0 aromatic carbocycles. The lowest BCUT2D eigenvalue weighted by molar-refractivity contribution is -0.135. The van der Waals surface area contributed by atoms with Gasteiger partial charge in [0.1, 0.15) is 12.3 Å². The summed E-state index contributed by atoms with van der Waals surface area (Å²) < 4.78 is 4.89. The zero-order valence-electron chi connectivity index (χ0n) is 12.0. The molecule has 1 heterocycles. The normalized spacial score (nSPS) is 15.9. The van der Waals surface area contributed by atoms with Gasteiger partial charge in [-0.25, -0.2) is 0 Å². The number of hydrogen-bond acceptors (Lipinski definition) is 4. The Hall–Kier alpha value is -1.85. The maximum atomic E-state index is 12.0. The van der Waals surface area contributed by atoms with Gasteiger partial charge < -0.3 is 14.7 Å². The van der Waals surface area contributed by atoms with Crippen LogP contribution in [0.3, 0.4) is 0 Å². The molecule has 0 atom stereocenters. The molecule has 0 bridgehead atoms. The first-order valence-corrected chi connectivity index (χ1v) is 7.06. The molecule has 2 amide bonds. The maximum Gasteiger partial charge on any atom is 0.245 e. The fraction of sp³-hybridized carbons (Fsp3) is 0.643. The van der Waals surface area contributed by atoms with E-state index >= 15 is 0 Å². The number of aryl methyl sites for hydroxylation is 1. The van der Waals surface area contributed by atoms with Crippen molar-refractivity contribution in [3.63, 3.8) is 0 Å². The average molecular weight is 279 g/mol. The van der Waals surface area contributed by atoms with Crippen LogP contribution in [-0.2, 0) is 9.59 Å². The van der Waals surface area contributed by atoms with Crippen LogP contribution in [0.5, 0.6) is 0 Å². The zero-order chi connectivity index (χ0) is 14.5. The van der Waals surface area contributed by atoms with Gasteiger partial charge in [0.05, 0.1) is 0 Å². The van der Waals surface area contributed by atoms with Gasteiger partial charge in [-0.3, -0.25) is 9.59 Å². The molecule has 1 N–H and O–H groups in total. The van der Waals surface area contributed by atoms with Gasteiger partial charge in [0.25, 0.3) is 0 Å². The summed E-state index contributed by atoms with van der Waals surface area (Å²) in [5, 5.41) is 6.36. The molecular weight excluding hydrogens is 258 g/mol. The molecule has 0 unspecified atom stereocenters. The smallest absolute Gasteiger partial charge is 0.245 e. The van der Waals surface area contributed by atoms with Gasteiger partial charge in [-0.15, -0.1) is 0 Å². The summed E-state index contributed by atoms with van der Waals surface area (Å²) in [6.45, 7) is 3.35. The molecule has 1 aromatic heterocycles. The summed E-state index contributed by atoms with van der Waals surface area (Å²) in [6.07, 6.45) is 5.43. The van der Waals surface area contributed by atoms with E-state index in [0.717, 1.165) is 25.7 Å². The molecule has 20 heavy (non-hydrogen) atoms. The Morgan fingerprint density at radius 2 is 2.10 bits per heavy atom. The molecule has 0 saturated heterocycles. The third-order valence-electron chi connectivity index (χ3n) is 3.63. The summed E-state index contributed by atoms with van der Waals surface area (Å²) >= 11 is 0. The molecule has 1 saturated carbocycles. The maximum absolute atomic E-state index is 12.0. The number of nitrogens with one attached hydrogen (secondary N) is 1. The SMILES string of the molecule is CC(=O)N(CC(=O)Nc1cc(C)on1)C1CCCCC1. The molecule has 0 radical (unpaired) electrons. The van der Waals surface area contributed by atoms with Gasteiger partial charge in [0.15, 0.2) is 5.82 Å². The standard InChI is InChI=1S/C14H21N3O3/c1-10-8-13(16-20-10)15-14(19)9-17(11(2)18)12-6-4-3-5-7-12/h8,12H,3-7,9H2,1-2H3,(H,15,16,19). The molecular formula is C14H21N3O3. The van der Waals surface area contributed by atoms with Crippen LogP contribution < -0.4 is 5.32 Å². The van der Waals surface area contributed by atoms with Crippen LogP contribution in [0.25, 0.3) is 0 Å². The van der Waals surface area contributed by atoms with E-state index in [4.69, 9.17) is 4.52 Å². The van der Waals surface area contributed by atoms with Crippen LogP contribution in [0.15, 0.2) is 10.6 Å². The number of carbonyl (C=O) groups is 2.